The first kappa shape index (κ1) is 13.9. The molecular weight excluding hydrogens is 258 g/mol. The number of methoxy groups -OCH3 is 2. The Bertz CT molecular complexity index is 676. The van der Waals surface area contributed by atoms with Crippen molar-refractivity contribution < 1.29 is 14.3 Å². The number of carbonyl (C=O) groups excluding carboxylic acids is 1. The van der Waals surface area contributed by atoms with Gasteiger partial charge in [0.1, 0.15) is 11.5 Å². The molecule has 0 saturated carbocycles. The van der Waals surface area contributed by atoms with Crippen LogP contribution in [0.2, 0.25) is 0 Å². The average Bonchev–Trinajstić information content (AvgIpc) is 2.48. The molecule has 0 bridgehead atoms. The second kappa shape index (κ2) is 6.06. The van der Waals surface area contributed by atoms with Gasteiger partial charge < -0.3 is 14.0 Å². The molecule has 0 radical (unpaired) electrons. The van der Waals surface area contributed by atoms with Crippen molar-refractivity contribution in [3.05, 3.63) is 58.5 Å². The lowest BCUT2D eigenvalue weighted by atomic mass is 10.1. The molecule has 0 atom stereocenters. The molecule has 0 fully saturated rings. The Morgan fingerprint density at radius 1 is 1.15 bits per heavy atom. The van der Waals surface area contributed by atoms with Crippen LogP contribution in [0.5, 0.6) is 11.5 Å². The molecule has 1 heterocycles. The van der Waals surface area contributed by atoms with E-state index in [9.17, 15) is 9.59 Å². The summed E-state index contributed by atoms with van der Waals surface area (Å²) in [5.41, 5.74) is 0.172. The van der Waals surface area contributed by atoms with Crippen LogP contribution < -0.4 is 15.0 Å². The molecule has 1 aromatic heterocycles. The molecule has 2 rings (SSSR count). The maximum atomic E-state index is 12.3. The topological polar surface area (TPSA) is 57.5 Å². The fourth-order valence-corrected chi connectivity index (χ4v) is 1.86. The fraction of sp³-hybridized carbons (Fsp3) is 0.200. The maximum Gasteiger partial charge on any atom is 0.250 e. The fourth-order valence-electron chi connectivity index (χ4n) is 1.86. The van der Waals surface area contributed by atoms with Gasteiger partial charge in [0.2, 0.25) is 0 Å². The van der Waals surface area contributed by atoms with Gasteiger partial charge in [0.25, 0.3) is 5.56 Å². The number of nitrogens with zero attached hydrogens (tertiary/aromatic N) is 1. The Labute approximate surface area is 116 Å². The number of carbonyl (C=O) groups is 1. The van der Waals surface area contributed by atoms with Gasteiger partial charge in [-0.25, -0.2) is 0 Å². The molecule has 0 aliphatic rings. The van der Waals surface area contributed by atoms with Crippen LogP contribution in [0.4, 0.5) is 0 Å². The van der Waals surface area contributed by atoms with Gasteiger partial charge in [0.15, 0.2) is 5.78 Å². The van der Waals surface area contributed by atoms with Gasteiger partial charge >= 0.3 is 0 Å². The first-order valence-corrected chi connectivity index (χ1v) is 6.06. The van der Waals surface area contributed by atoms with E-state index in [1.165, 1.54) is 24.9 Å². The summed E-state index contributed by atoms with van der Waals surface area (Å²) in [7, 11) is 3.02. The van der Waals surface area contributed by atoms with Crippen molar-refractivity contribution in [2.45, 2.75) is 6.54 Å². The number of hydrogen-bond acceptors (Lipinski definition) is 4. The first-order valence-electron chi connectivity index (χ1n) is 6.06. The Morgan fingerprint density at radius 3 is 2.60 bits per heavy atom. The summed E-state index contributed by atoms with van der Waals surface area (Å²) in [5.74, 6) is 0.809. The normalized spacial score (nSPS) is 10.1. The van der Waals surface area contributed by atoms with E-state index in [4.69, 9.17) is 9.47 Å². The van der Waals surface area contributed by atoms with Crippen molar-refractivity contribution in [2.24, 2.45) is 0 Å². The number of ketones is 1. The molecule has 2 aromatic rings. The lowest BCUT2D eigenvalue weighted by molar-refractivity contribution is 0.0967. The van der Waals surface area contributed by atoms with Crippen molar-refractivity contribution in [1.29, 1.82) is 0 Å². The molecule has 20 heavy (non-hydrogen) atoms. The summed E-state index contributed by atoms with van der Waals surface area (Å²) in [6.45, 7) is -0.0385. The third kappa shape index (κ3) is 2.88. The molecule has 104 valence electrons. The largest absolute Gasteiger partial charge is 0.497 e. The Hall–Kier alpha value is -2.56. The molecule has 0 amide bonds. The van der Waals surface area contributed by atoms with Crippen molar-refractivity contribution >= 4 is 5.78 Å². The zero-order valence-electron chi connectivity index (χ0n) is 11.3. The zero-order valence-corrected chi connectivity index (χ0v) is 11.3. The zero-order chi connectivity index (χ0) is 14.5. The smallest absolute Gasteiger partial charge is 0.250 e. The number of aromatic nitrogens is 1. The summed E-state index contributed by atoms with van der Waals surface area (Å²) in [4.78, 5) is 23.9. The molecule has 0 saturated heterocycles. The van der Waals surface area contributed by atoms with Gasteiger partial charge in [-0.05, 0) is 24.3 Å². The molecule has 0 spiro atoms. The lowest BCUT2D eigenvalue weighted by Crippen LogP contribution is -2.22. The lowest BCUT2D eigenvalue weighted by Gasteiger charge is -2.10. The highest BCUT2D eigenvalue weighted by atomic mass is 16.5. The van der Waals surface area contributed by atoms with Crippen LogP contribution in [0, 0.1) is 0 Å². The SMILES string of the molecule is COc1ccc(OC)c(C(=O)Cn2ccccc2=O)c1. The number of hydrogen-bond donors (Lipinski definition) is 0. The highest BCUT2D eigenvalue weighted by molar-refractivity contribution is 5.98. The van der Waals surface area contributed by atoms with Gasteiger partial charge in [-0.15, -0.1) is 0 Å². The monoisotopic (exact) mass is 273 g/mol. The van der Waals surface area contributed by atoms with Crippen LogP contribution in [0.1, 0.15) is 10.4 Å². The predicted octanol–water partition coefficient (Wildman–Crippen LogP) is 1.75. The maximum absolute atomic E-state index is 12.3. The second-order valence-electron chi connectivity index (χ2n) is 4.16. The average molecular weight is 273 g/mol. The van der Waals surface area contributed by atoms with Crippen LogP contribution in [0.25, 0.3) is 0 Å². The Balaban J connectivity index is 2.33. The van der Waals surface area contributed by atoms with Crippen molar-refractivity contribution in [3.63, 3.8) is 0 Å². The van der Waals surface area contributed by atoms with Gasteiger partial charge in [-0.3, -0.25) is 9.59 Å². The van der Waals surface area contributed by atoms with E-state index in [0.29, 0.717) is 17.1 Å². The minimum Gasteiger partial charge on any atom is -0.497 e. The van der Waals surface area contributed by atoms with Crippen LogP contribution in [0.15, 0.2) is 47.4 Å². The summed E-state index contributed by atoms with van der Waals surface area (Å²) in [6.07, 6.45) is 1.58. The van der Waals surface area contributed by atoms with Gasteiger partial charge in [-0.1, -0.05) is 6.07 Å². The summed E-state index contributed by atoms with van der Waals surface area (Å²) >= 11 is 0. The van der Waals surface area contributed by atoms with E-state index < -0.39 is 0 Å². The summed E-state index contributed by atoms with van der Waals surface area (Å²) in [6, 6.07) is 9.74. The van der Waals surface area contributed by atoms with Crippen molar-refractivity contribution in [1.82, 2.24) is 4.57 Å². The van der Waals surface area contributed by atoms with Gasteiger partial charge in [0, 0.05) is 12.3 Å². The third-order valence-corrected chi connectivity index (χ3v) is 2.92. The quantitative estimate of drug-likeness (QED) is 0.779. The van der Waals surface area contributed by atoms with E-state index >= 15 is 0 Å². The predicted molar refractivity (Wildman–Crippen MR) is 74.6 cm³/mol. The van der Waals surface area contributed by atoms with E-state index in [1.807, 2.05) is 0 Å². The van der Waals surface area contributed by atoms with Gasteiger partial charge in [-0.2, -0.15) is 0 Å². The molecule has 5 nitrogen and oxygen atoms in total. The molecule has 0 aliphatic heterocycles. The van der Waals surface area contributed by atoms with Gasteiger partial charge in [0.05, 0.1) is 26.3 Å². The molecule has 0 N–H and O–H groups in total. The number of Topliss-reactive ketones (excluding diaryl/α,β-unsaturated/α-hetero) is 1. The van der Waals surface area contributed by atoms with Crippen LogP contribution in [-0.2, 0) is 6.54 Å². The molecule has 0 unspecified atom stereocenters. The Kier molecular flexibility index (Phi) is 4.20. The Morgan fingerprint density at radius 2 is 1.95 bits per heavy atom. The van der Waals surface area contributed by atoms with Crippen molar-refractivity contribution in [2.75, 3.05) is 14.2 Å². The first-order chi connectivity index (χ1) is 9.65. The number of pyridine rings is 1. The van der Waals surface area contributed by atoms with E-state index in [2.05, 4.69) is 0 Å². The molecular formula is C15H15NO4. The molecule has 1 aromatic carbocycles. The van der Waals surface area contributed by atoms with Crippen LogP contribution in [-0.4, -0.2) is 24.6 Å². The standard InChI is InChI=1S/C15H15NO4/c1-19-11-6-7-14(20-2)12(9-11)13(17)10-16-8-4-3-5-15(16)18/h3-9H,10H2,1-2H3. The molecule has 0 aliphatic carbocycles. The number of rotatable bonds is 5. The van der Waals surface area contributed by atoms with E-state index in [1.54, 1.807) is 36.5 Å². The van der Waals surface area contributed by atoms with Crippen LogP contribution in [0.3, 0.4) is 0 Å². The highest BCUT2D eigenvalue weighted by Gasteiger charge is 2.14. The second-order valence-corrected chi connectivity index (χ2v) is 4.16. The third-order valence-electron chi connectivity index (χ3n) is 2.92. The van der Waals surface area contributed by atoms with E-state index in [-0.39, 0.29) is 17.9 Å². The molecule has 5 heteroatoms. The minimum atomic E-state index is -0.220. The number of benzene rings is 1. The van der Waals surface area contributed by atoms with Crippen molar-refractivity contribution in [3.8, 4) is 11.5 Å². The van der Waals surface area contributed by atoms with Crippen LogP contribution >= 0.6 is 0 Å². The highest BCUT2D eigenvalue weighted by Crippen LogP contribution is 2.24. The summed E-state index contributed by atoms with van der Waals surface area (Å²) in [5, 5.41) is 0. The number of ether oxygens (including phenoxy) is 2. The minimum absolute atomic E-state index is 0.0385. The van der Waals surface area contributed by atoms with E-state index in [0.717, 1.165) is 0 Å². The summed E-state index contributed by atoms with van der Waals surface area (Å²) < 4.78 is 11.6.